The summed E-state index contributed by atoms with van der Waals surface area (Å²) in [6.45, 7) is 1.68. The summed E-state index contributed by atoms with van der Waals surface area (Å²) in [5.41, 5.74) is 2.27. The Kier molecular flexibility index (Phi) is 7.79. The molecule has 8 nitrogen and oxygen atoms in total. The van der Waals surface area contributed by atoms with Gasteiger partial charge in [0, 0.05) is 19.0 Å². The molecule has 0 saturated heterocycles. The molecule has 2 aromatic heterocycles. The van der Waals surface area contributed by atoms with Gasteiger partial charge in [-0.2, -0.15) is 4.98 Å². The molecule has 0 fully saturated rings. The first kappa shape index (κ1) is 24.0. The molecule has 0 unspecified atom stereocenters. The van der Waals surface area contributed by atoms with Gasteiger partial charge in [0.05, 0.1) is 10.6 Å². The molecule has 0 aliphatic carbocycles. The highest BCUT2D eigenvalue weighted by atomic mass is 32.1. The van der Waals surface area contributed by atoms with Gasteiger partial charge < -0.3 is 10.1 Å². The molecule has 0 saturated carbocycles. The Hall–Kier alpha value is -4.11. The fourth-order valence-corrected chi connectivity index (χ4v) is 4.10. The Morgan fingerprint density at radius 2 is 1.77 bits per heavy atom. The van der Waals surface area contributed by atoms with Gasteiger partial charge in [-0.1, -0.05) is 48.5 Å². The van der Waals surface area contributed by atoms with Gasteiger partial charge in [0.2, 0.25) is 5.91 Å². The summed E-state index contributed by atoms with van der Waals surface area (Å²) in [5, 5.41) is 9.02. The third-order valence-corrected chi connectivity index (χ3v) is 6.02. The van der Waals surface area contributed by atoms with Crippen molar-refractivity contribution in [3.63, 3.8) is 0 Å². The van der Waals surface area contributed by atoms with Crippen LogP contribution in [0.5, 0.6) is 0 Å². The molecule has 0 aliphatic rings. The maximum atomic E-state index is 12.7. The zero-order valence-electron chi connectivity index (χ0n) is 19.1. The van der Waals surface area contributed by atoms with E-state index in [-0.39, 0.29) is 17.5 Å². The molecule has 1 amide bonds. The Labute approximate surface area is 206 Å². The summed E-state index contributed by atoms with van der Waals surface area (Å²) in [4.78, 5) is 41.4. The molecule has 178 valence electrons. The van der Waals surface area contributed by atoms with Crippen LogP contribution in [0.15, 0.2) is 72.1 Å². The number of carbonyl (C=O) groups is 3. The van der Waals surface area contributed by atoms with E-state index in [2.05, 4.69) is 15.4 Å². The van der Waals surface area contributed by atoms with Crippen molar-refractivity contribution in [3.05, 3.63) is 89.1 Å². The number of nitrogens with one attached hydrogen (secondary N) is 1. The van der Waals surface area contributed by atoms with Gasteiger partial charge in [0.25, 0.3) is 5.82 Å². The fourth-order valence-electron chi connectivity index (χ4n) is 3.41. The SMILES string of the molecule is CC(=O)NCCCc1ccc(C(=O)COC(=O)c2nc(-c3cccs3)n(-c3ccccc3)n2)cc1. The highest BCUT2D eigenvalue weighted by Gasteiger charge is 2.21. The molecule has 2 heterocycles. The number of thiophene rings is 1. The van der Waals surface area contributed by atoms with Crippen molar-refractivity contribution in [1.82, 2.24) is 20.1 Å². The third kappa shape index (κ3) is 6.27. The standard InChI is InChI=1S/C26H24N4O4S/c1-18(31)27-15-5-7-19-11-13-20(14-12-19)22(32)17-34-26(33)24-28-25(23-10-6-16-35-23)30(29-24)21-8-3-2-4-9-21/h2-4,6,8-14,16H,5,7,15,17H2,1H3,(H,27,31). The van der Waals surface area contributed by atoms with Crippen LogP contribution in [0, 0.1) is 0 Å². The van der Waals surface area contributed by atoms with Gasteiger partial charge in [0.1, 0.15) is 0 Å². The largest absolute Gasteiger partial charge is 0.451 e. The van der Waals surface area contributed by atoms with Crippen LogP contribution in [0.1, 0.15) is 39.9 Å². The fraction of sp³-hybridized carbons (Fsp3) is 0.192. The van der Waals surface area contributed by atoms with E-state index in [1.165, 1.54) is 18.3 Å². The molecule has 0 spiro atoms. The summed E-state index contributed by atoms with van der Waals surface area (Å²) in [6, 6.07) is 20.3. The van der Waals surface area contributed by atoms with Crippen molar-refractivity contribution in [1.29, 1.82) is 0 Å². The first-order valence-electron chi connectivity index (χ1n) is 11.1. The number of ketones is 1. The number of amides is 1. The van der Waals surface area contributed by atoms with E-state index in [1.54, 1.807) is 16.8 Å². The van der Waals surface area contributed by atoms with E-state index in [0.29, 0.717) is 17.9 Å². The quantitative estimate of drug-likeness (QED) is 0.205. The smallest absolute Gasteiger partial charge is 0.378 e. The van der Waals surface area contributed by atoms with E-state index in [0.717, 1.165) is 29.0 Å². The molecule has 9 heteroatoms. The summed E-state index contributed by atoms with van der Waals surface area (Å²) in [7, 11) is 0. The Bertz CT molecular complexity index is 1300. The molecule has 1 N–H and O–H groups in total. The Morgan fingerprint density at radius 3 is 2.46 bits per heavy atom. The monoisotopic (exact) mass is 488 g/mol. The Morgan fingerprint density at radius 1 is 1.00 bits per heavy atom. The normalized spacial score (nSPS) is 10.7. The number of rotatable bonds is 10. The first-order chi connectivity index (χ1) is 17.0. The maximum Gasteiger partial charge on any atom is 0.378 e. The van der Waals surface area contributed by atoms with Crippen molar-refractivity contribution >= 4 is 29.0 Å². The predicted octanol–water partition coefficient (Wildman–Crippen LogP) is 4.10. The number of hydrogen-bond acceptors (Lipinski definition) is 7. The zero-order valence-corrected chi connectivity index (χ0v) is 20.0. The number of aryl methyl sites for hydroxylation is 1. The number of Topliss-reactive ketones (excluding diaryl/α,β-unsaturated/α-hetero) is 1. The summed E-state index contributed by atoms with van der Waals surface area (Å²) < 4.78 is 6.83. The average molecular weight is 489 g/mol. The van der Waals surface area contributed by atoms with Crippen molar-refractivity contribution in [2.75, 3.05) is 13.2 Å². The third-order valence-electron chi connectivity index (χ3n) is 5.16. The van der Waals surface area contributed by atoms with E-state index in [9.17, 15) is 14.4 Å². The molecule has 4 rings (SSSR count). The molecule has 0 radical (unpaired) electrons. The summed E-state index contributed by atoms with van der Waals surface area (Å²) in [5.74, 6) is -0.715. The molecule has 0 bridgehead atoms. The maximum absolute atomic E-state index is 12.7. The van der Waals surface area contributed by atoms with Gasteiger partial charge in [-0.15, -0.1) is 16.4 Å². The summed E-state index contributed by atoms with van der Waals surface area (Å²) in [6.07, 6.45) is 1.59. The van der Waals surface area contributed by atoms with Crippen LogP contribution in [0.2, 0.25) is 0 Å². The van der Waals surface area contributed by atoms with E-state index in [4.69, 9.17) is 4.74 Å². The molecular weight excluding hydrogens is 464 g/mol. The van der Waals surface area contributed by atoms with Crippen LogP contribution in [0.25, 0.3) is 16.4 Å². The van der Waals surface area contributed by atoms with Gasteiger partial charge in [-0.25, -0.2) is 9.48 Å². The number of esters is 1. The van der Waals surface area contributed by atoms with Gasteiger partial charge in [-0.05, 0) is 42.0 Å². The Balaban J connectivity index is 1.39. The number of benzene rings is 2. The second kappa shape index (κ2) is 11.3. The molecule has 0 aliphatic heterocycles. The van der Waals surface area contributed by atoms with Crippen LogP contribution in [0.3, 0.4) is 0 Å². The highest BCUT2D eigenvalue weighted by Crippen LogP contribution is 2.25. The molecule has 2 aromatic carbocycles. The number of hydrogen-bond donors (Lipinski definition) is 1. The number of nitrogens with zero attached hydrogens (tertiary/aromatic N) is 3. The average Bonchev–Trinajstić information content (AvgIpc) is 3.56. The molecule has 35 heavy (non-hydrogen) atoms. The highest BCUT2D eigenvalue weighted by molar-refractivity contribution is 7.13. The van der Waals surface area contributed by atoms with E-state index < -0.39 is 12.6 Å². The van der Waals surface area contributed by atoms with Gasteiger partial charge in [0.15, 0.2) is 18.2 Å². The lowest BCUT2D eigenvalue weighted by Crippen LogP contribution is -2.21. The van der Waals surface area contributed by atoms with Crippen molar-refractivity contribution < 1.29 is 19.1 Å². The van der Waals surface area contributed by atoms with Crippen LogP contribution in [0.4, 0.5) is 0 Å². The zero-order chi connectivity index (χ0) is 24.6. The second-order valence-electron chi connectivity index (χ2n) is 7.77. The van der Waals surface area contributed by atoms with E-state index in [1.807, 2.05) is 60.0 Å². The number of ether oxygens (including phenoxy) is 1. The van der Waals surface area contributed by atoms with E-state index >= 15 is 0 Å². The van der Waals surface area contributed by atoms with Crippen LogP contribution >= 0.6 is 11.3 Å². The second-order valence-corrected chi connectivity index (χ2v) is 8.71. The van der Waals surface area contributed by atoms with Crippen LogP contribution in [-0.4, -0.2) is 45.6 Å². The van der Waals surface area contributed by atoms with Gasteiger partial charge >= 0.3 is 5.97 Å². The number of aromatic nitrogens is 3. The lowest BCUT2D eigenvalue weighted by atomic mass is 10.1. The predicted molar refractivity (Wildman–Crippen MR) is 133 cm³/mol. The van der Waals surface area contributed by atoms with Crippen molar-refractivity contribution in [3.8, 4) is 16.4 Å². The molecule has 0 atom stereocenters. The minimum absolute atomic E-state index is 0.0507. The summed E-state index contributed by atoms with van der Waals surface area (Å²) >= 11 is 1.49. The van der Waals surface area contributed by atoms with Crippen molar-refractivity contribution in [2.24, 2.45) is 0 Å². The van der Waals surface area contributed by atoms with Crippen molar-refractivity contribution in [2.45, 2.75) is 19.8 Å². The van der Waals surface area contributed by atoms with Gasteiger partial charge in [-0.3, -0.25) is 9.59 Å². The van der Waals surface area contributed by atoms with Crippen LogP contribution < -0.4 is 5.32 Å². The van der Waals surface area contributed by atoms with Crippen LogP contribution in [-0.2, 0) is 16.0 Å². The first-order valence-corrected chi connectivity index (χ1v) is 12.0. The lowest BCUT2D eigenvalue weighted by Gasteiger charge is -2.05. The number of para-hydroxylation sites is 1. The number of carbonyl (C=O) groups excluding carboxylic acids is 3. The molecular formula is C26H24N4O4S. The molecule has 4 aromatic rings. The topological polar surface area (TPSA) is 103 Å². The minimum atomic E-state index is -0.763. The lowest BCUT2D eigenvalue weighted by molar-refractivity contribution is -0.118. The minimum Gasteiger partial charge on any atom is -0.451 e.